The second-order valence-electron chi connectivity index (χ2n) is 5.62. The monoisotopic (exact) mass is 349 g/mol. The van der Waals surface area contributed by atoms with Crippen molar-refractivity contribution < 1.29 is 23.9 Å². The third-order valence-corrected chi connectivity index (χ3v) is 3.87. The quantitative estimate of drug-likeness (QED) is 0.487. The van der Waals surface area contributed by atoms with Gasteiger partial charge in [0.2, 0.25) is 5.91 Å². The number of nitrogens with one attached hydrogen (secondary N) is 3. The molecule has 8 heteroatoms. The molecule has 0 saturated carbocycles. The van der Waals surface area contributed by atoms with E-state index in [1.165, 1.54) is 0 Å². The van der Waals surface area contributed by atoms with E-state index in [0.717, 1.165) is 18.8 Å². The number of piperidine rings is 1. The van der Waals surface area contributed by atoms with Gasteiger partial charge in [-0.3, -0.25) is 19.7 Å². The topological polar surface area (TPSA) is 106 Å². The van der Waals surface area contributed by atoms with Crippen LogP contribution in [0.1, 0.15) is 12.8 Å². The van der Waals surface area contributed by atoms with E-state index >= 15 is 0 Å². The minimum atomic E-state index is -0.937. The van der Waals surface area contributed by atoms with Crippen LogP contribution in [0.4, 0.5) is 0 Å². The van der Waals surface area contributed by atoms with Crippen LogP contribution in [0.3, 0.4) is 0 Å². The Hall–Kier alpha value is -2.61. The first-order valence-electron chi connectivity index (χ1n) is 8.20. The Morgan fingerprint density at radius 3 is 2.36 bits per heavy atom. The summed E-state index contributed by atoms with van der Waals surface area (Å²) in [5.41, 5.74) is 0. The normalized spacial score (nSPS) is 14.4. The Bertz CT molecular complexity index is 597. The Balaban J connectivity index is 1.65. The second kappa shape index (κ2) is 9.63. The van der Waals surface area contributed by atoms with Gasteiger partial charge in [0.1, 0.15) is 18.1 Å². The van der Waals surface area contributed by atoms with Crippen molar-refractivity contribution in [3.05, 3.63) is 24.3 Å². The molecule has 3 N–H and O–H groups in total. The van der Waals surface area contributed by atoms with Gasteiger partial charge in [-0.2, -0.15) is 0 Å². The van der Waals surface area contributed by atoms with E-state index in [1.807, 2.05) is 0 Å². The zero-order valence-corrected chi connectivity index (χ0v) is 14.2. The van der Waals surface area contributed by atoms with E-state index in [9.17, 15) is 14.4 Å². The molecule has 0 spiro atoms. The standard InChI is InChI=1S/C17H23N3O5/c1-24-13-2-4-14(5-3-13)25-11-10-19-16(22)17(23)20-15(21)12-6-8-18-9-7-12/h2-5,12,18H,6-11H2,1H3,(H,19,22)(H,20,21,23). The van der Waals surface area contributed by atoms with Crippen molar-refractivity contribution in [1.29, 1.82) is 0 Å². The van der Waals surface area contributed by atoms with Crippen molar-refractivity contribution in [1.82, 2.24) is 16.0 Å². The van der Waals surface area contributed by atoms with Crippen molar-refractivity contribution in [2.24, 2.45) is 5.92 Å². The molecule has 2 rings (SSSR count). The average molecular weight is 349 g/mol. The lowest BCUT2D eigenvalue weighted by atomic mass is 9.97. The van der Waals surface area contributed by atoms with Crippen LogP contribution in [-0.2, 0) is 14.4 Å². The molecule has 1 heterocycles. The number of ether oxygens (including phenoxy) is 2. The van der Waals surface area contributed by atoms with Crippen molar-refractivity contribution in [2.75, 3.05) is 33.4 Å². The van der Waals surface area contributed by atoms with E-state index in [0.29, 0.717) is 18.6 Å². The van der Waals surface area contributed by atoms with Crippen molar-refractivity contribution in [3.63, 3.8) is 0 Å². The van der Waals surface area contributed by atoms with Gasteiger partial charge in [-0.05, 0) is 50.2 Å². The van der Waals surface area contributed by atoms with Gasteiger partial charge in [0.05, 0.1) is 13.7 Å². The molecule has 1 saturated heterocycles. The third kappa shape index (κ3) is 6.07. The largest absolute Gasteiger partial charge is 0.497 e. The molecule has 1 aliphatic heterocycles. The molecule has 25 heavy (non-hydrogen) atoms. The highest BCUT2D eigenvalue weighted by molar-refractivity contribution is 6.37. The molecule has 1 fully saturated rings. The second-order valence-corrected chi connectivity index (χ2v) is 5.62. The zero-order valence-electron chi connectivity index (χ0n) is 14.2. The van der Waals surface area contributed by atoms with E-state index in [1.54, 1.807) is 31.4 Å². The number of rotatable bonds is 6. The average Bonchev–Trinajstić information content (AvgIpc) is 2.66. The first-order chi connectivity index (χ1) is 12.1. The third-order valence-electron chi connectivity index (χ3n) is 3.87. The number of benzene rings is 1. The molecule has 136 valence electrons. The summed E-state index contributed by atoms with van der Waals surface area (Å²) >= 11 is 0. The Morgan fingerprint density at radius 1 is 1.08 bits per heavy atom. The number of methoxy groups -OCH3 is 1. The highest BCUT2D eigenvalue weighted by atomic mass is 16.5. The van der Waals surface area contributed by atoms with Crippen LogP contribution < -0.4 is 25.4 Å². The van der Waals surface area contributed by atoms with Gasteiger partial charge >= 0.3 is 11.8 Å². The maximum Gasteiger partial charge on any atom is 0.315 e. The molecule has 0 aliphatic carbocycles. The summed E-state index contributed by atoms with van der Waals surface area (Å²) in [7, 11) is 1.58. The van der Waals surface area contributed by atoms with Gasteiger partial charge in [0.25, 0.3) is 0 Å². The molecule has 0 bridgehead atoms. The van der Waals surface area contributed by atoms with Gasteiger partial charge in [-0.1, -0.05) is 0 Å². The van der Waals surface area contributed by atoms with Crippen LogP contribution >= 0.6 is 0 Å². The van der Waals surface area contributed by atoms with E-state index in [2.05, 4.69) is 16.0 Å². The van der Waals surface area contributed by atoms with Crippen LogP contribution in [-0.4, -0.2) is 51.1 Å². The predicted molar refractivity (Wildman–Crippen MR) is 90.2 cm³/mol. The minimum absolute atomic E-state index is 0.153. The van der Waals surface area contributed by atoms with Gasteiger partial charge in [0, 0.05) is 5.92 Å². The molecular formula is C17H23N3O5. The summed E-state index contributed by atoms with van der Waals surface area (Å²) in [6, 6.07) is 7.00. The number of hydrogen-bond acceptors (Lipinski definition) is 6. The summed E-state index contributed by atoms with van der Waals surface area (Å²) in [6.45, 7) is 1.83. The lowest BCUT2D eigenvalue weighted by Crippen LogP contribution is -2.47. The molecule has 1 aromatic carbocycles. The lowest BCUT2D eigenvalue weighted by Gasteiger charge is -2.21. The number of amides is 3. The summed E-state index contributed by atoms with van der Waals surface area (Å²) in [4.78, 5) is 35.3. The highest BCUT2D eigenvalue weighted by Gasteiger charge is 2.24. The molecule has 3 amide bonds. The zero-order chi connectivity index (χ0) is 18.1. The Morgan fingerprint density at radius 2 is 1.72 bits per heavy atom. The first kappa shape index (κ1) is 18.7. The van der Waals surface area contributed by atoms with Crippen LogP contribution in [0.25, 0.3) is 0 Å². The summed E-state index contributed by atoms with van der Waals surface area (Å²) < 4.78 is 10.5. The molecule has 1 aromatic rings. The smallest absolute Gasteiger partial charge is 0.315 e. The van der Waals surface area contributed by atoms with Crippen LogP contribution in [0, 0.1) is 5.92 Å². The van der Waals surface area contributed by atoms with E-state index in [-0.39, 0.29) is 19.1 Å². The molecule has 0 unspecified atom stereocenters. The number of imide groups is 1. The summed E-state index contributed by atoms with van der Waals surface area (Å²) in [5.74, 6) is -1.06. The lowest BCUT2D eigenvalue weighted by molar-refractivity contribution is -0.143. The predicted octanol–water partition coefficient (Wildman–Crippen LogP) is -0.167. The van der Waals surface area contributed by atoms with E-state index < -0.39 is 17.7 Å². The van der Waals surface area contributed by atoms with Crippen molar-refractivity contribution >= 4 is 17.7 Å². The van der Waals surface area contributed by atoms with Crippen molar-refractivity contribution in [2.45, 2.75) is 12.8 Å². The fourth-order valence-electron chi connectivity index (χ4n) is 2.44. The van der Waals surface area contributed by atoms with Gasteiger partial charge < -0.3 is 20.1 Å². The fraction of sp³-hybridized carbons (Fsp3) is 0.471. The van der Waals surface area contributed by atoms with Crippen molar-refractivity contribution in [3.8, 4) is 11.5 Å². The summed E-state index contributed by atoms with van der Waals surface area (Å²) in [6.07, 6.45) is 1.33. The number of carbonyl (C=O) groups is 3. The fourth-order valence-corrected chi connectivity index (χ4v) is 2.44. The molecule has 8 nitrogen and oxygen atoms in total. The molecular weight excluding hydrogens is 326 g/mol. The number of hydrogen-bond donors (Lipinski definition) is 3. The van der Waals surface area contributed by atoms with Crippen LogP contribution in [0.15, 0.2) is 24.3 Å². The molecule has 0 radical (unpaired) electrons. The summed E-state index contributed by atoms with van der Waals surface area (Å²) in [5, 5.41) is 7.70. The first-order valence-corrected chi connectivity index (χ1v) is 8.20. The van der Waals surface area contributed by atoms with Gasteiger partial charge in [-0.25, -0.2) is 0 Å². The Kier molecular flexibility index (Phi) is 7.21. The van der Waals surface area contributed by atoms with E-state index in [4.69, 9.17) is 9.47 Å². The Labute approximate surface area is 146 Å². The highest BCUT2D eigenvalue weighted by Crippen LogP contribution is 2.16. The van der Waals surface area contributed by atoms with Crippen LogP contribution in [0.2, 0.25) is 0 Å². The molecule has 1 aliphatic rings. The number of carbonyl (C=O) groups excluding carboxylic acids is 3. The molecule has 0 atom stereocenters. The van der Waals surface area contributed by atoms with Gasteiger partial charge in [0.15, 0.2) is 0 Å². The maximum atomic E-state index is 11.9. The maximum absolute atomic E-state index is 11.9. The minimum Gasteiger partial charge on any atom is -0.497 e. The molecule has 0 aromatic heterocycles. The SMILES string of the molecule is COc1ccc(OCCNC(=O)C(=O)NC(=O)C2CCNCC2)cc1. The van der Waals surface area contributed by atoms with Crippen LogP contribution in [0.5, 0.6) is 11.5 Å². The van der Waals surface area contributed by atoms with Gasteiger partial charge in [-0.15, -0.1) is 0 Å².